The number of hydrogen-bond acceptors (Lipinski definition) is 2. The first kappa shape index (κ1) is 8.63. The zero-order valence-electron chi connectivity index (χ0n) is 31.4. The van der Waals surface area contributed by atoms with Crippen LogP contribution in [0.25, 0.3) is 21.5 Å². The molecule has 5 rings (SSSR count). The molecule has 1 aliphatic rings. The quantitative estimate of drug-likeness (QED) is 0.368. The van der Waals surface area contributed by atoms with Gasteiger partial charge in [-0.2, -0.15) is 0 Å². The van der Waals surface area contributed by atoms with Gasteiger partial charge in [0.05, 0.1) is 31.8 Å². The van der Waals surface area contributed by atoms with Gasteiger partial charge in [-0.15, -0.1) is 0 Å². The van der Waals surface area contributed by atoms with Crippen LogP contribution in [0, 0.1) is 0 Å². The third-order valence-electron chi connectivity index (χ3n) is 4.88. The predicted octanol–water partition coefficient (Wildman–Crippen LogP) is 5.98. The molecule has 4 aromatic carbocycles. The van der Waals surface area contributed by atoms with Gasteiger partial charge < -0.3 is 9.31 Å². The monoisotopic (exact) mass is 397 g/mol. The van der Waals surface area contributed by atoms with Crippen molar-refractivity contribution in [3.8, 4) is 0 Å². The summed E-state index contributed by atoms with van der Waals surface area (Å²) in [7, 11) is -1.06. The van der Waals surface area contributed by atoms with Crippen molar-refractivity contribution in [2.24, 2.45) is 0 Å². The average molecular weight is 397 g/mol. The Hall–Kier alpha value is -2.62. The Morgan fingerprint density at radius 2 is 0.966 bits per heavy atom. The molecule has 1 fully saturated rings. The van der Waals surface area contributed by atoms with E-state index < -0.39 is 90.8 Å². The Bertz CT molecular complexity index is 1760. The van der Waals surface area contributed by atoms with Crippen molar-refractivity contribution in [1.82, 2.24) is 0 Å². The molecule has 0 aromatic heterocycles. The van der Waals surface area contributed by atoms with Gasteiger partial charge in [-0.3, -0.25) is 0 Å². The zero-order valence-corrected chi connectivity index (χ0v) is 16.4. The average Bonchev–Trinajstić information content (AvgIpc) is 3.17. The minimum Gasteiger partial charge on any atom is -0.399 e. The summed E-state index contributed by atoms with van der Waals surface area (Å²) in [6.45, 7) is 7.31. The van der Waals surface area contributed by atoms with Crippen molar-refractivity contribution in [3.63, 3.8) is 0 Å². The highest BCUT2D eigenvalue weighted by Gasteiger charge is 2.51. The maximum Gasteiger partial charge on any atom is 0.494 e. The summed E-state index contributed by atoms with van der Waals surface area (Å²) < 4.78 is 129. The van der Waals surface area contributed by atoms with E-state index in [1.54, 1.807) is 0 Å². The number of fused-ring (bicyclic) bond motifs is 2. The van der Waals surface area contributed by atoms with Gasteiger partial charge in [0.2, 0.25) is 0 Å². The lowest BCUT2D eigenvalue weighted by molar-refractivity contribution is 0.00578. The fourth-order valence-corrected chi connectivity index (χ4v) is 2.56. The van der Waals surface area contributed by atoms with Crippen molar-refractivity contribution in [1.29, 1.82) is 0 Å². The van der Waals surface area contributed by atoms with Crippen LogP contribution in [0.3, 0.4) is 0 Å². The molecule has 0 unspecified atom stereocenters. The fourth-order valence-electron chi connectivity index (χ4n) is 2.56. The van der Waals surface area contributed by atoms with Gasteiger partial charge in [0, 0.05) is 0 Å². The van der Waals surface area contributed by atoms with Crippen molar-refractivity contribution in [3.05, 3.63) is 90.6 Å². The van der Waals surface area contributed by atoms with Crippen LogP contribution >= 0.6 is 0 Å². The van der Waals surface area contributed by atoms with E-state index in [-0.39, 0.29) is 45.1 Å². The lowest BCUT2D eigenvalue weighted by Crippen LogP contribution is -2.41. The van der Waals surface area contributed by atoms with Gasteiger partial charge >= 0.3 is 7.12 Å². The van der Waals surface area contributed by atoms with E-state index in [0.29, 0.717) is 0 Å². The number of benzene rings is 4. The first-order valence-corrected chi connectivity index (χ1v) is 8.92. The molecule has 0 radical (unpaired) electrons. The van der Waals surface area contributed by atoms with E-state index in [1.807, 2.05) is 27.7 Å². The molecule has 3 heteroatoms. The summed E-state index contributed by atoms with van der Waals surface area (Å²) in [4.78, 5) is 0. The summed E-state index contributed by atoms with van der Waals surface area (Å²) in [5, 5.41) is -0.577. The molecule has 0 amide bonds. The molecular formula is C26H27BO2. The smallest absolute Gasteiger partial charge is 0.399 e. The fraction of sp³-hybridized carbons (Fsp3) is 0.231. The summed E-state index contributed by atoms with van der Waals surface area (Å²) in [5.74, 6) is 0. The summed E-state index contributed by atoms with van der Waals surface area (Å²) >= 11 is 0. The van der Waals surface area contributed by atoms with Crippen molar-refractivity contribution >= 4 is 34.1 Å². The molecule has 1 saturated heterocycles. The largest absolute Gasteiger partial charge is 0.494 e. The Morgan fingerprint density at radius 3 is 1.41 bits per heavy atom. The zero-order chi connectivity index (χ0) is 33.5. The second kappa shape index (κ2) is 7.66. The van der Waals surface area contributed by atoms with Crippen LogP contribution in [0.2, 0.25) is 0 Å². The SMILES string of the molecule is [2H]c1c([2H])c([2H])c2c([2H])c(B3OC(C)(C)C(C)(C)O3)c([2H])c([2H])c2c1[2H].[2H]c1c([2H])c([2H])c2c([2H])c([2H])c([2H])c([2H])c2c1[2H]. The maximum atomic E-state index is 8.49. The first-order valence-electron chi connectivity index (χ1n) is 16.4. The van der Waals surface area contributed by atoms with Gasteiger partial charge in [0.1, 0.15) is 0 Å². The summed E-state index contributed by atoms with van der Waals surface area (Å²) in [6, 6.07) is -6.56. The molecule has 4 aromatic rings. The lowest BCUT2D eigenvalue weighted by Gasteiger charge is -2.32. The van der Waals surface area contributed by atoms with E-state index in [2.05, 4.69) is 0 Å². The minimum atomic E-state index is -1.06. The van der Waals surface area contributed by atoms with Crippen LogP contribution in [0.1, 0.15) is 48.3 Å². The Labute approximate surface area is 194 Å². The molecule has 0 saturated carbocycles. The lowest BCUT2D eigenvalue weighted by atomic mass is 9.78. The van der Waals surface area contributed by atoms with Crippen LogP contribution in [0.15, 0.2) is 90.6 Å². The van der Waals surface area contributed by atoms with Crippen LogP contribution in [-0.4, -0.2) is 18.3 Å². The van der Waals surface area contributed by atoms with Gasteiger partial charge in [0.15, 0.2) is 0 Å². The molecule has 0 N–H and O–H groups in total. The molecule has 0 atom stereocenters. The van der Waals surface area contributed by atoms with E-state index in [4.69, 9.17) is 29.9 Å². The predicted molar refractivity (Wildman–Crippen MR) is 124 cm³/mol. The summed E-state index contributed by atoms with van der Waals surface area (Å²) in [6.07, 6.45) is 0. The third-order valence-corrected chi connectivity index (χ3v) is 4.88. The summed E-state index contributed by atoms with van der Waals surface area (Å²) in [5.41, 5.74) is -1.40. The highest BCUT2D eigenvalue weighted by Crippen LogP contribution is 2.36. The van der Waals surface area contributed by atoms with Crippen molar-refractivity contribution in [2.75, 3.05) is 0 Å². The van der Waals surface area contributed by atoms with Crippen molar-refractivity contribution < 1.29 is 29.9 Å². The van der Waals surface area contributed by atoms with Crippen LogP contribution < -0.4 is 5.46 Å². The number of rotatable bonds is 1. The Morgan fingerprint density at radius 1 is 0.586 bits per heavy atom. The molecule has 0 aliphatic carbocycles. The van der Waals surface area contributed by atoms with Crippen molar-refractivity contribution in [2.45, 2.75) is 38.9 Å². The molecule has 0 bridgehead atoms. The second-order valence-corrected chi connectivity index (χ2v) is 7.38. The molecular weight excluding hydrogens is 355 g/mol. The third kappa shape index (κ3) is 4.07. The molecule has 1 aliphatic heterocycles. The molecule has 146 valence electrons. The Balaban J connectivity index is 0.000000215. The van der Waals surface area contributed by atoms with E-state index in [0.717, 1.165) is 0 Å². The maximum absolute atomic E-state index is 8.49. The van der Waals surface area contributed by atoms with Gasteiger partial charge in [-0.05, 0) is 54.7 Å². The Kier molecular flexibility index (Phi) is 2.28. The van der Waals surface area contributed by atoms with Crippen LogP contribution in [-0.2, 0) is 9.31 Å². The van der Waals surface area contributed by atoms with Crippen LogP contribution in [0.4, 0.5) is 0 Å². The molecule has 2 nitrogen and oxygen atoms in total. The molecule has 0 spiro atoms. The van der Waals surface area contributed by atoms with Crippen LogP contribution in [0.5, 0.6) is 0 Å². The molecule has 29 heavy (non-hydrogen) atoms. The topological polar surface area (TPSA) is 18.5 Å². The van der Waals surface area contributed by atoms with Gasteiger partial charge in [-0.25, -0.2) is 0 Å². The van der Waals surface area contributed by atoms with E-state index in [1.165, 1.54) is 0 Å². The number of hydrogen-bond donors (Lipinski definition) is 0. The highest BCUT2D eigenvalue weighted by atomic mass is 16.7. The first-order chi connectivity index (χ1) is 20.1. The molecule has 1 heterocycles. The normalized spacial score (nSPS) is 24.4. The second-order valence-electron chi connectivity index (χ2n) is 7.38. The highest BCUT2D eigenvalue weighted by molar-refractivity contribution is 6.62. The van der Waals surface area contributed by atoms with E-state index in [9.17, 15) is 0 Å². The minimum absolute atomic E-state index is 0.00572. The standard InChI is InChI=1S/C16H19BO2.C10H8/c1-15(2)16(3,4)19-17(18-15)14-10-9-12-7-5-6-8-13(12)11-14;1-2-6-10-8-4-3-7-9(10)5-1/h5-11H,1-4H3;1-8H/i5D,6D,7D,8D,9D,10D,11D;1D,2D,3D,4D,5D,6D,7D,8D. The van der Waals surface area contributed by atoms with Gasteiger partial charge in [-0.1, -0.05) is 90.6 Å². The van der Waals surface area contributed by atoms with E-state index >= 15 is 0 Å². The van der Waals surface area contributed by atoms with Gasteiger partial charge in [0.25, 0.3) is 0 Å².